The molecule has 0 aliphatic rings. The second-order valence-corrected chi connectivity index (χ2v) is 3.89. The molecule has 1 rings (SSSR count). The smallest absolute Gasteiger partial charge is 0.180 e. The van der Waals surface area contributed by atoms with Gasteiger partial charge >= 0.3 is 0 Å². The van der Waals surface area contributed by atoms with Gasteiger partial charge in [-0.3, -0.25) is 9.59 Å². The summed E-state index contributed by atoms with van der Waals surface area (Å²) in [5.74, 6) is -0.154. The standard InChI is InChI=1S/C11H11ClO2/c1-7-3-9(6-13)5-10(4-7)11(14)8(2)12/h3-6,8H,1-2H3. The Balaban J connectivity index is 3.15. The van der Waals surface area contributed by atoms with Gasteiger partial charge < -0.3 is 0 Å². The van der Waals surface area contributed by atoms with Crippen LogP contribution in [0.2, 0.25) is 0 Å². The van der Waals surface area contributed by atoms with Gasteiger partial charge in [0.1, 0.15) is 6.29 Å². The van der Waals surface area contributed by atoms with Crippen LogP contribution >= 0.6 is 11.6 Å². The van der Waals surface area contributed by atoms with Gasteiger partial charge in [0.2, 0.25) is 0 Å². The van der Waals surface area contributed by atoms with Crippen molar-refractivity contribution < 1.29 is 9.59 Å². The number of hydrogen-bond acceptors (Lipinski definition) is 2. The predicted octanol–water partition coefficient (Wildman–Crippen LogP) is 2.62. The number of halogens is 1. The molecule has 0 amide bonds. The molecular formula is C11H11ClO2. The molecule has 2 nitrogen and oxygen atoms in total. The lowest BCUT2D eigenvalue weighted by molar-refractivity contribution is 0.0991. The van der Waals surface area contributed by atoms with Crippen LogP contribution < -0.4 is 0 Å². The third kappa shape index (κ3) is 2.42. The minimum Gasteiger partial charge on any atom is -0.298 e. The summed E-state index contributed by atoms with van der Waals surface area (Å²) in [7, 11) is 0. The fraction of sp³-hybridized carbons (Fsp3) is 0.273. The van der Waals surface area contributed by atoms with Gasteiger partial charge in [-0.25, -0.2) is 0 Å². The Kier molecular flexibility index (Phi) is 3.42. The molecule has 1 aromatic carbocycles. The van der Waals surface area contributed by atoms with E-state index in [4.69, 9.17) is 11.6 Å². The molecule has 0 N–H and O–H groups in total. The monoisotopic (exact) mass is 210 g/mol. The van der Waals surface area contributed by atoms with Gasteiger partial charge in [0.25, 0.3) is 0 Å². The third-order valence-corrected chi connectivity index (χ3v) is 2.08. The van der Waals surface area contributed by atoms with Crippen LogP contribution in [-0.2, 0) is 0 Å². The Bertz CT molecular complexity index is 370. The molecule has 0 spiro atoms. The number of aryl methyl sites for hydroxylation is 1. The number of aldehydes is 1. The van der Waals surface area contributed by atoms with Crippen LogP contribution in [0.5, 0.6) is 0 Å². The predicted molar refractivity (Wildman–Crippen MR) is 56.2 cm³/mol. The molecule has 0 saturated carbocycles. The van der Waals surface area contributed by atoms with Crippen molar-refractivity contribution in [3.63, 3.8) is 0 Å². The molecule has 0 bridgehead atoms. The van der Waals surface area contributed by atoms with Crippen molar-refractivity contribution in [3.8, 4) is 0 Å². The van der Waals surface area contributed by atoms with E-state index in [-0.39, 0.29) is 5.78 Å². The van der Waals surface area contributed by atoms with Crippen molar-refractivity contribution in [3.05, 3.63) is 34.9 Å². The largest absolute Gasteiger partial charge is 0.298 e. The van der Waals surface area contributed by atoms with Crippen LogP contribution in [0.15, 0.2) is 18.2 Å². The molecule has 3 heteroatoms. The average Bonchev–Trinajstić information content (AvgIpc) is 2.15. The first-order valence-electron chi connectivity index (χ1n) is 4.29. The first kappa shape index (κ1) is 10.9. The molecule has 0 saturated heterocycles. The minimum atomic E-state index is -0.559. The molecule has 1 unspecified atom stereocenters. The van der Waals surface area contributed by atoms with Crippen molar-refractivity contribution in [1.82, 2.24) is 0 Å². The Morgan fingerprint density at radius 3 is 2.57 bits per heavy atom. The molecule has 0 aliphatic carbocycles. The number of rotatable bonds is 3. The first-order chi connectivity index (χ1) is 6.54. The number of carbonyl (C=O) groups excluding carboxylic acids is 2. The number of carbonyl (C=O) groups is 2. The van der Waals surface area contributed by atoms with Gasteiger partial charge in [-0.05, 0) is 37.6 Å². The Hall–Kier alpha value is -1.15. The summed E-state index contributed by atoms with van der Waals surface area (Å²) in [6.07, 6.45) is 0.725. The Morgan fingerprint density at radius 2 is 2.07 bits per heavy atom. The highest BCUT2D eigenvalue weighted by Crippen LogP contribution is 2.12. The van der Waals surface area contributed by atoms with Crippen molar-refractivity contribution in [2.24, 2.45) is 0 Å². The fourth-order valence-electron chi connectivity index (χ4n) is 1.25. The van der Waals surface area contributed by atoms with Crippen LogP contribution in [0.4, 0.5) is 0 Å². The van der Waals surface area contributed by atoms with E-state index in [0.717, 1.165) is 11.8 Å². The van der Waals surface area contributed by atoms with Crippen molar-refractivity contribution in [2.45, 2.75) is 19.2 Å². The zero-order valence-electron chi connectivity index (χ0n) is 8.08. The highest BCUT2D eigenvalue weighted by molar-refractivity contribution is 6.33. The quantitative estimate of drug-likeness (QED) is 0.437. The zero-order chi connectivity index (χ0) is 10.7. The number of ketones is 1. The van der Waals surface area contributed by atoms with Gasteiger partial charge in [0, 0.05) is 11.1 Å². The van der Waals surface area contributed by atoms with Crippen LogP contribution in [-0.4, -0.2) is 17.4 Å². The van der Waals surface area contributed by atoms with E-state index >= 15 is 0 Å². The van der Waals surface area contributed by atoms with Gasteiger partial charge in [0.15, 0.2) is 5.78 Å². The molecule has 1 aromatic rings. The minimum absolute atomic E-state index is 0.154. The van der Waals surface area contributed by atoms with Gasteiger partial charge in [-0.1, -0.05) is 0 Å². The molecule has 1 atom stereocenters. The summed E-state index contributed by atoms with van der Waals surface area (Å²) < 4.78 is 0. The number of hydrogen-bond donors (Lipinski definition) is 0. The van der Waals surface area contributed by atoms with E-state index in [0.29, 0.717) is 11.1 Å². The summed E-state index contributed by atoms with van der Waals surface area (Å²) in [5, 5.41) is -0.559. The highest BCUT2D eigenvalue weighted by atomic mass is 35.5. The molecule has 0 heterocycles. The summed E-state index contributed by atoms with van der Waals surface area (Å²) in [4.78, 5) is 22.1. The molecular weight excluding hydrogens is 200 g/mol. The number of benzene rings is 1. The van der Waals surface area contributed by atoms with Crippen LogP contribution in [0.25, 0.3) is 0 Å². The molecule has 0 aliphatic heterocycles. The first-order valence-corrected chi connectivity index (χ1v) is 4.73. The van der Waals surface area contributed by atoms with E-state index in [1.165, 1.54) is 0 Å². The van der Waals surface area contributed by atoms with E-state index in [9.17, 15) is 9.59 Å². The molecule has 14 heavy (non-hydrogen) atoms. The summed E-state index contributed by atoms with van der Waals surface area (Å²) >= 11 is 5.67. The fourth-order valence-corrected chi connectivity index (χ4v) is 1.38. The summed E-state index contributed by atoms with van der Waals surface area (Å²) in [5.41, 5.74) is 1.88. The summed E-state index contributed by atoms with van der Waals surface area (Å²) in [6, 6.07) is 5.01. The molecule has 74 valence electrons. The summed E-state index contributed by atoms with van der Waals surface area (Å²) in [6.45, 7) is 3.45. The van der Waals surface area contributed by atoms with Crippen LogP contribution in [0.1, 0.15) is 33.2 Å². The lowest BCUT2D eigenvalue weighted by atomic mass is 10.0. The zero-order valence-corrected chi connectivity index (χ0v) is 8.84. The Morgan fingerprint density at radius 1 is 1.43 bits per heavy atom. The van der Waals surface area contributed by atoms with Crippen molar-refractivity contribution >= 4 is 23.7 Å². The average molecular weight is 211 g/mol. The second kappa shape index (κ2) is 4.38. The molecule has 0 fully saturated rings. The SMILES string of the molecule is Cc1cc(C=O)cc(C(=O)C(C)Cl)c1. The van der Waals surface area contributed by atoms with Gasteiger partial charge in [0.05, 0.1) is 5.38 Å². The molecule has 0 aromatic heterocycles. The van der Waals surface area contributed by atoms with Crippen molar-refractivity contribution in [2.75, 3.05) is 0 Å². The van der Waals surface area contributed by atoms with Crippen molar-refractivity contribution in [1.29, 1.82) is 0 Å². The maximum absolute atomic E-state index is 11.5. The maximum atomic E-state index is 11.5. The van der Waals surface area contributed by atoms with E-state index < -0.39 is 5.38 Å². The lowest BCUT2D eigenvalue weighted by Crippen LogP contribution is -2.11. The van der Waals surface area contributed by atoms with Crippen LogP contribution in [0, 0.1) is 6.92 Å². The second-order valence-electron chi connectivity index (χ2n) is 3.23. The third-order valence-electron chi connectivity index (χ3n) is 1.88. The number of Topliss-reactive ketones (excluding diaryl/α,β-unsaturated/α-hetero) is 1. The lowest BCUT2D eigenvalue weighted by Gasteiger charge is -2.04. The van der Waals surface area contributed by atoms with Gasteiger partial charge in [-0.15, -0.1) is 11.6 Å². The van der Waals surface area contributed by atoms with E-state index in [1.54, 1.807) is 25.1 Å². The van der Waals surface area contributed by atoms with E-state index in [1.807, 2.05) is 6.92 Å². The van der Waals surface area contributed by atoms with Crippen LogP contribution in [0.3, 0.4) is 0 Å². The highest BCUT2D eigenvalue weighted by Gasteiger charge is 2.12. The maximum Gasteiger partial charge on any atom is 0.180 e. The normalized spacial score (nSPS) is 12.2. The van der Waals surface area contributed by atoms with Gasteiger partial charge in [-0.2, -0.15) is 0 Å². The molecule has 0 radical (unpaired) electrons. The van der Waals surface area contributed by atoms with E-state index in [2.05, 4.69) is 0 Å². The Labute approximate surface area is 87.9 Å². The topological polar surface area (TPSA) is 34.1 Å². The number of alkyl halides is 1.